The molecular weight excluding hydrogens is 268 g/mol. The van der Waals surface area contributed by atoms with Gasteiger partial charge in [0.1, 0.15) is 17.6 Å². The van der Waals surface area contributed by atoms with Crippen LogP contribution in [0.25, 0.3) is 11.0 Å². The van der Waals surface area contributed by atoms with Crippen LogP contribution in [-0.4, -0.2) is 14.2 Å². The van der Waals surface area contributed by atoms with E-state index in [0.717, 1.165) is 23.2 Å². The van der Waals surface area contributed by atoms with Crippen molar-refractivity contribution in [3.05, 3.63) is 57.9 Å². The minimum atomic E-state index is -0.829. The number of aliphatic hydroxyl groups is 1. The van der Waals surface area contributed by atoms with Crippen molar-refractivity contribution in [1.29, 1.82) is 0 Å². The first-order chi connectivity index (χ1) is 10.0. The first-order valence-electron chi connectivity index (χ1n) is 6.95. The van der Waals surface area contributed by atoms with Crippen LogP contribution in [0.2, 0.25) is 0 Å². The average Bonchev–Trinajstić information content (AvgIpc) is 3.07. The van der Waals surface area contributed by atoms with Crippen LogP contribution in [-0.2, 0) is 20.5 Å². The number of aryl methyl sites for hydroxylation is 3. The van der Waals surface area contributed by atoms with Crippen LogP contribution in [0.4, 0.5) is 0 Å². The van der Waals surface area contributed by atoms with Crippen molar-refractivity contribution < 1.29 is 9.52 Å². The van der Waals surface area contributed by atoms with Crippen LogP contribution in [0.3, 0.4) is 0 Å². The lowest BCUT2D eigenvalue weighted by atomic mass is 10.1. The molecule has 3 rings (SSSR count). The third-order valence-corrected chi connectivity index (χ3v) is 3.91. The zero-order valence-corrected chi connectivity index (χ0v) is 12.3. The molecule has 5 nitrogen and oxygen atoms in total. The van der Waals surface area contributed by atoms with Crippen molar-refractivity contribution >= 4 is 11.0 Å². The monoisotopic (exact) mass is 286 g/mol. The van der Waals surface area contributed by atoms with E-state index >= 15 is 0 Å². The van der Waals surface area contributed by atoms with Crippen molar-refractivity contribution in [2.24, 2.45) is 14.1 Å². The summed E-state index contributed by atoms with van der Waals surface area (Å²) < 4.78 is 8.76. The van der Waals surface area contributed by atoms with E-state index in [1.807, 2.05) is 31.2 Å². The summed E-state index contributed by atoms with van der Waals surface area (Å²) >= 11 is 0. The first kappa shape index (κ1) is 13.7. The summed E-state index contributed by atoms with van der Waals surface area (Å²) in [6.07, 6.45) is -0.0381. The van der Waals surface area contributed by atoms with Gasteiger partial charge in [-0.2, -0.15) is 0 Å². The third-order valence-electron chi connectivity index (χ3n) is 3.91. The molecule has 0 aliphatic heterocycles. The van der Waals surface area contributed by atoms with E-state index in [9.17, 15) is 9.90 Å². The minimum absolute atomic E-state index is 0.0806. The molecule has 3 aromatic rings. The number of rotatable bonds is 3. The maximum atomic E-state index is 11.9. The molecule has 2 heterocycles. The molecule has 2 aromatic heterocycles. The second-order valence-electron chi connectivity index (χ2n) is 5.21. The van der Waals surface area contributed by atoms with E-state index in [1.165, 1.54) is 0 Å². The van der Waals surface area contributed by atoms with Crippen LogP contribution in [0.1, 0.15) is 30.1 Å². The molecule has 1 N–H and O–H groups in total. The number of hydrogen-bond acceptors (Lipinski definition) is 3. The molecule has 1 atom stereocenters. The highest BCUT2D eigenvalue weighted by Gasteiger charge is 2.17. The number of hydrogen-bond donors (Lipinski definition) is 1. The molecule has 0 aliphatic rings. The highest BCUT2D eigenvalue weighted by molar-refractivity contribution is 5.77. The number of nitrogens with zero attached hydrogens (tertiary/aromatic N) is 2. The molecule has 110 valence electrons. The smallest absolute Gasteiger partial charge is 0.328 e. The zero-order valence-electron chi connectivity index (χ0n) is 12.3. The lowest BCUT2D eigenvalue weighted by Crippen LogP contribution is -2.19. The predicted octanol–water partition coefficient (Wildman–Crippen LogP) is 2.11. The van der Waals surface area contributed by atoms with E-state index in [0.29, 0.717) is 11.3 Å². The van der Waals surface area contributed by atoms with Crippen LogP contribution in [0.15, 0.2) is 39.5 Å². The fourth-order valence-corrected chi connectivity index (χ4v) is 2.59. The molecule has 0 saturated carbocycles. The lowest BCUT2D eigenvalue weighted by molar-refractivity contribution is 0.187. The van der Waals surface area contributed by atoms with Crippen molar-refractivity contribution in [1.82, 2.24) is 9.13 Å². The van der Waals surface area contributed by atoms with Crippen LogP contribution in [0.5, 0.6) is 0 Å². The number of furan rings is 1. The Labute approximate surface area is 122 Å². The maximum absolute atomic E-state index is 11.9. The second-order valence-corrected chi connectivity index (χ2v) is 5.21. The lowest BCUT2D eigenvalue weighted by Gasteiger charge is -2.09. The topological polar surface area (TPSA) is 60.3 Å². The molecule has 0 fully saturated rings. The second kappa shape index (κ2) is 4.93. The van der Waals surface area contributed by atoms with Crippen molar-refractivity contribution in [3.63, 3.8) is 0 Å². The Hall–Kier alpha value is -2.27. The van der Waals surface area contributed by atoms with Gasteiger partial charge >= 0.3 is 5.69 Å². The number of aliphatic hydroxyl groups excluding tert-OH is 1. The Balaban J connectivity index is 2.08. The van der Waals surface area contributed by atoms with E-state index in [2.05, 4.69) is 0 Å². The standard InChI is InChI=1S/C16H18N2O3/c1-4-11-6-8-14(21-11)15(19)10-5-7-12-13(9-10)18(3)16(20)17(12)2/h5-9,15,19H,4H2,1-3H3. The van der Waals surface area contributed by atoms with E-state index in [4.69, 9.17) is 4.42 Å². The summed E-state index contributed by atoms with van der Waals surface area (Å²) in [6.45, 7) is 2.00. The molecule has 1 unspecified atom stereocenters. The normalized spacial score (nSPS) is 13.0. The quantitative estimate of drug-likeness (QED) is 0.802. The number of benzene rings is 1. The fourth-order valence-electron chi connectivity index (χ4n) is 2.59. The van der Waals surface area contributed by atoms with Gasteiger partial charge in [0.25, 0.3) is 0 Å². The number of aromatic nitrogens is 2. The van der Waals surface area contributed by atoms with Crippen molar-refractivity contribution in [2.75, 3.05) is 0 Å². The molecule has 0 spiro atoms. The molecule has 0 saturated heterocycles. The summed E-state index contributed by atoms with van der Waals surface area (Å²) in [6, 6.07) is 9.15. The van der Waals surface area contributed by atoms with Gasteiger partial charge in [0.15, 0.2) is 0 Å². The third kappa shape index (κ3) is 2.10. The van der Waals surface area contributed by atoms with Gasteiger partial charge in [-0.3, -0.25) is 9.13 Å². The van der Waals surface area contributed by atoms with E-state index in [-0.39, 0.29) is 5.69 Å². The van der Waals surface area contributed by atoms with Gasteiger partial charge in [0.05, 0.1) is 11.0 Å². The van der Waals surface area contributed by atoms with Gasteiger partial charge in [-0.05, 0) is 29.8 Å². The summed E-state index contributed by atoms with van der Waals surface area (Å²) in [5, 5.41) is 10.4. The molecule has 5 heteroatoms. The Bertz CT molecular complexity index is 854. The van der Waals surface area contributed by atoms with E-state index < -0.39 is 6.10 Å². The van der Waals surface area contributed by atoms with Gasteiger partial charge in [-0.15, -0.1) is 0 Å². The molecule has 0 amide bonds. The predicted molar refractivity (Wildman–Crippen MR) is 80.3 cm³/mol. The van der Waals surface area contributed by atoms with Gasteiger partial charge in [0, 0.05) is 20.5 Å². The SMILES string of the molecule is CCc1ccc(C(O)c2ccc3c(c2)n(C)c(=O)n3C)o1. The Morgan fingerprint density at radius 3 is 2.52 bits per heavy atom. The Morgan fingerprint density at radius 1 is 1.14 bits per heavy atom. The molecule has 0 bridgehead atoms. The van der Waals surface area contributed by atoms with Gasteiger partial charge in [0.2, 0.25) is 0 Å². The first-order valence-corrected chi connectivity index (χ1v) is 6.95. The Kier molecular flexibility index (Phi) is 3.22. The van der Waals surface area contributed by atoms with Crippen molar-refractivity contribution in [2.45, 2.75) is 19.4 Å². The molecule has 1 aromatic carbocycles. The molecule has 21 heavy (non-hydrogen) atoms. The number of fused-ring (bicyclic) bond motifs is 1. The van der Waals surface area contributed by atoms with Gasteiger partial charge < -0.3 is 9.52 Å². The highest BCUT2D eigenvalue weighted by atomic mass is 16.4. The van der Waals surface area contributed by atoms with Gasteiger partial charge in [-0.1, -0.05) is 13.0 Å². The van der Waals surface area contributed by atoms with Crippen LogP contribution >= 0.6 is 0 Å². The summed E-state index contributed by atoms with van der Waals surface area (Å²) in [5.41, 5.74) is 2.26. The summed E-state index contributed by atoms with van der Waals surface area (Å²) in [7, 11) is 3.46. The fraction of sp³-hybridized carbons (Fsp3) is 0.312. The van der Waals surface area contributed by atoms with Crippen LogP contribution in [0, 0.1) is 0 Å². The van der Waals surface area contributed by atoms with Crippen molar-refractivity contribution in [3.8, 4) is 0 Å². The number of imidazole rings is 1. The molecular formula is C16H18N2O3. The molecule has 0 aliphatic carbocycles. The minimum Gasteiger partial charge on any atom is -0.463 e. The molecule has 0 radical (unpaired) electrons. The van der Waals surface area contributed by atoms with Crippen LogP contribution < -0.4 is 5.69 Å². The van der Waals surface area contributed by atoms with Gasteiger partial charge in [-0.25, -0.2) is 4.79 Å². The van der Waals surface area contributed by atoms with E-state index in [1.54, 1.807) is 29.3 Å². The zero-order chi connectivity index (χ0) is 15.1. The largest absolute Gasteiger partial charge is 0.463 e. The average molecular weight is 286 g/mol. The Morgan fingerprint density at radius 2 is 1.86 bits per heavy atom. The summed E-state index contributed by atoms with van der Waals surface area (Å²) in [4.78, 5) is 11.9. The maximum Gasteiger partial charge on any atom is 0.328 e. The highest BCUT2D eigenvalue weighted by Crippen LogP contribution is 2.26. The summed E-state index contributed by atoms with van der Waals surface area (Å²) in [5.74, 6) is 1.37.